The van der Waals surface area contributed by atoms with Gasteiger partial charge in [0.15, 0.2) is 0 Å². The van der Waals surface area contributed by atoms with Crippen molar-refractivity contribution in [2.24, 2.45) is 0 Å². The average molecular weight is 178 g/mol. The number of amides is 2. The highest BCUT2D eigenvalue weighted by molar-refractivity contribution is 5.74. The number of terminal acetylenes is 1. The zero-order valence-electron chi connectivity index (χ0n) is 7.04. The number of furan rings is 1. The van der Waals surface area contributed by atoms with Crippen LogP contribution in [0.5, 0.6) is 0 Å². The summed E-state index contributed by atoms with van der Waals surface area (Å²) in [6.07, 6.45) is 8.08. The Morgan fingerprint density at radius 3 is 3.08 bits per heavy atom. The minimum Gasteiger partial charge on any atom is -0.472 e. The Balaban J connectivity index is 2.20. The summed E-state index contributed by atoms with van der Waals surface area (Å²) in [7, 11) is 0. The van der Waals surface area contributed by atoms with Crippen LogP contribution in [0.15, 0.2) is 23.0 Å². The van der Waals surface area contributed by atoms with Crippen LogP contribution in [-0.2, 0) is 6.54 Å². The summed E-state index contributed by atoms with van der Waals surface area (Å²) >= 11 is 0. The third kappa shape index (κ3) is 3.34. The van der Waals surface area contributed by atoms with E-state index in [1.54, 1.807) is 18.6 Å². The van der Waals surface area contributed by atoms with Gasteiger partial charge in [0.05, 0.1) is 19.1 Å². The van der Waals surface area contributed by atoms with Gasteiger partial charge in [-0.25, -0.2) is 4.79 Å². The van der Waals surface area contributed by atoms with E-state index < -0.39 is 0 Å². The lowest BCUT2D eigenvalue weighted by molar-refractivity contribution is 0.241. The van der Waals surface area contributed by atoms with Crippen molar-refractivity contribution in [3.63, 3.8) is 0 Å². The van der Waals surface area contributed by atoms with Crippen LogP contribution >= 0.6 is 0 Å². The van der Waals surface area contributed by atoms with Crippen LogP contribution in [0.1, 0.15) is 5.56 Å². The van der Waals surface area contributed by atoms with Gasteiger partial charge in [-0.2, -0.15) is 0 Å². The highest BCUT2D eigenvalue weighted by atomic mass is 16.3. The second kappa shape index (κ2) is 4.88. The predicted molar refractivity (Wildman–Crippen MR) is 47.8 cm³/mol. The summed E-state index contributed by atoms with van der Waals surface area (Å²) < 4.78 is 4.82. The van der Waals surface area contributed by atoms with Crippen LogP contribution < -0.4 is 10.6 Å². The molecule has 13 heavy (non-hydrogen) atoms. The third-order valence-corrected chi connectivity index (χ3v) is 1.38. The average Bonchev–Trinajstić information content (AvgIpc) is 2.64. The normalized spacial score (nSPS) is 8.85. The molecule has 1 heterocycles. The molecule has 2 amide bonds. The minimum absolute atomic E-state index is 0.233. The first-order valence-corrected chi connectivity index (χ1v) is 3.79. The Morgan fingerprint density at radius 2 is 2.46 bits per heavy atom. The van der Waals surface area contributed by atoms with Crippen molar-refractivity contribution in [1.82, 2.24) is 10.6 Å². The fourth-order valence-corrected chi connectivity index (χ4v) is 0.769. The molecule has 0 aliphatic heterocycles. The molecule has 0 bridgehead atoms. The zero-order valence-corrected chi connectivity index (χ0v) is 7.04. The van der Waals surface area contributed by atoms with Crippen molar-refractivity contribution < 1.29 is 9.21 Å². The zero-order chi connectivity index (χ0) is 9.52. The van der Waals surface area contributed by atoms with Crippen LogP contribution in [0, 0.1) is 12.3 Å². The molecular formula is C9H10N2O2. The van der Waals surface area contributed by atoms with Crippen molar-refractivity contribution in [2.45, 2.75) is 6.54 Å². The molecule has 0 saturated heterocycles. The van der Waals surface area contributed by atoms with Crippen molar-refractivity contribution in [1.29, 1.82) is 0 Å². The topological polar surface area (TPSA) is 54.3 Å². The number of nitrogens with one attached hydrogen (secondary N) is 2. The van der Waals surface area contributed by atoms with E-state index in [1.807, 2.05) is 0 Å². The van der Waals surface area contributed by atoms with Crippen LogP contribution in [0.2, 0.25) is 0 Å². The van der Waals surface area contributed by atoms with Gasteiger partial charge >= 0.3 is 6.03 Å². The molecule has 0 aromatic carbocycles. The molecule has 0 radical (unpaired) electrons. The van der Waals surface area contributed by atoms with Crippen LogP contribution in [0.25, 0.3) is 0 Å². The van der Waals surface area contributed by atoms with Gasteiger partial charge in [-0.1, -0.05) is 5.92 Å². The fourth-order valence-electron chi connectivity index (χ4n) is 0.769. The predicted octanol–water partition coefficient (Wildman–Crippen LogP) is 0.712. The minimum atomic E-state index is -0.279. The molecule has 1 aromatic rings. The molecule has 4 heteroatoms. The molecule has 0 fully saturated rings. The van der Waals surface area contributed by atoms with Crippen LogP contribution in [-0.4, -0.2) is 12.6 Å². The van der Waals surface area contributed by atoms with Gasteiger partial charge < -0.3 is 15.1 Å². The molecule has 2 N–H and O–H groups in total. The van der Waals surface area contributed by atoms with E-state index in [-0.39, 0.29) is 12.6 Å². The van der Waals surface area contributed by atoms with Crippen LogP contribution in [0.4, 0.5) is 4.79 Å². The summed E-state index contributed by atoms with van der Waals surface area (Å²) in [4.78, 5) is 10.9. The third-order valence-electron chi connectivity index (χ3n) is 1.38. The van der Waals surface area contributed by atoms with Crippen molar-refractivity contribution in [3.8, 4) is 12.3 Å². The molecule has 4 nitrogen and oxygen atoms in total. The SMILES string of the molecule is C#CCNC(=O)NCc1ccoc1. The molecule has 0 spiro atoms. The lowest BCUT2D eigenvalue weighted by atomic mass is 10.3. The van der Waals surface area contributed by atoms with Crippen molar-refractivity contribution >= 4 is 6.03 Å². The Morgan fingerprint density at radius 1 is 1.62 bits per heavy atom. The number of urea groups is 1. The monoisotopic (exact) mass is 178 g/mol. The Labute approximate surface area is 76.3 Å². The molecule has 68 valence electrons. The number of hydrogen-bond donors (Lipinski definition) is 2. The number of carbonyl (C=O) groups is 1. The lowest BCUT2D eigenvalue weighted by Crippen LogP contribution is -2.35. The number of rotatable bonds is 3. The second-order valence-electron chi connectivity index (χ2n) is 2.37. The van der Waals surface area contributed by atoms with E-state index in [4.69, 9.17) is 10.8 Å². The summed E-state index contributed by atoms with van der Waals surface area (Å²) in [5.41, 5.74) is 0.913. The van der Waals surface area contributed by atoms with Gasteiger partial charge in [-0.3, -0.25) is 0 Å². The molecular weight excluding hydrogens is 168 g/mol. The lowest BCUT2D eigenvalue weighted by Gasteiger charge is -2.02. The molecule has 0 aliphatic rings. The number of carbonyl (C=O) groups excluding carboxylic acids is 1. The first-order chi connectivity index (χ1) is 6.33. The maximum absolute atomic E-state index is 10.9. The van der Waals surface area contributed by atoms with E-state index in [1.165, 1.54) is 0 Å². The molecule has 1 rings (SSSR count). The Kier molecular flexibility index (Phi) is 3.45. The molecule has 0 saturated carbocycles. The first kappa shape index (κ1) is 9.20. The van der Waals surface area contributed by atoms with E-state index in [9.17, 15) is 4.79 Å². The molecule has 0 atom stereocenters. The molecule has 0 aliphatic carbocycles. The van der Waals surface area contributed by atoms with Gasteiger partial charge in [-0.05, 0) is 6.07 Å². The highest BCUT2D eigenvalue weighted by Gasteiger charge is 1.98. The Bertz CT molecular complexity index is 298. The van der Waals surface area contributed by atoms with E-state index in [0.717, 1.165) is 5.56 Å². The summed E-state index contributed by atoms with van der Waals surface area (Å²) in [6, 6.07) is 1.50. The quantitative estimate of drug-likeness (QED) is 0.670. The van der Waals surface area contributed by atoms with Gasteiger partial charge in [0.1, 0.15) is 0 Å². The second-order valence-corrected chi connectivity index (χ2v) is 2.37. The van der Waals surface area contributed by atoms with Gasteiger partial charge in [-0.15, -0.1) is 6.42 Å². The van der Waals surface area contributed by atoms with E-state index in [0.29, 0.717) is 6.54 Å². The fraction of sp³-hybridized carbons (Fsp3) is 0.222. The summed E-state index contributed by atoms with van der Waals surface area (Å²) in [5, 5.41) is 5.09. The van der Waals surface area contributed by atoms with Crippen molar-refractivity contribution in [2.75, 3.05) is 6.54 Å². The maximum Gasteiger partial charge on any atom is 0.315 e. The largest absolute Gasteiger partial charge is 0.472 e. The summed E-state index contributed by atoms with van der Waals surface area (Å²) in [5.74, 6) is 2.30. The smallest absolute Gasteiger partial charge is 0.315 e. The maximum atomic E-state index is 10.9. The van der Waals surface area contributed by atoms with Gasteiger partial charge in [0.2, 0.25) is 0 Å². The van der Waals surface area contributed by atoms with E-state index in [2.05, 4.69) is 16.6 Å². The van der Waals surface area contributed by atoms with Crippen molar-refractivity contribution in [3.05, 3.63) is 24.2 Å². The molecule has 1 aromatic heterocycles. The number of hydrogen-bond acceptors (Lipinski definition) is 2. The summed E-state index contributed by atoms with van der Waals surface area (Å²) in [6.45, 7) is 0.671. The van der Waals surface area contributed by atoms with Gasteiger partial charge in [0.25, 0.3) is 0 Å². The van der Waals surface area contributed by atoms with E-state index >= 15 is 0 Å². The highest BCUT2D eigenvalue weighted by Crippen LogP contribution is 1.97. The van der Waals surface area contributed by atoms with Crippen LogP contribution in [0.3, 0.4) is 0 Å². The standard InChI is InChI=1S/C9H10N2O2/c1-2-4-10-9(12)11-6-8-3-5-13-7-8/h1,3,5,7H,4,6H2,(H2,10,11,12). The first-order valence-electron chi connectivity index (χ1n) is 3.79. The molecule has 0 unspecified atom stereocenters. The Hall–Kier alpha value is -1.89. The van der Waals surface area contributed by atoms with Gasteiger partial charge in [0, 0.05) is 12.1 Å².